The van der Waals surface area contributed by atoms with Crippen LogP contribution in [-0.4, -0.2) is 39.5 Å². The first-order valence-corrected chi connectivity index (χ1v) is 13.3. The topological polar surface area (TPSA) is 24.9 Å². The van der Waals surface area contributed by atoms with E-state index in [2.05, 4.69) is 81.3 Å². The van der Waals surface area contributed by atoms with E-state index in [1.54, 1.807) is 0 Å². The fourth-order valence-electron chi connectivity index (χ4n) is 3.30. The van der Waals surface area contributed by atoms with Gasteiger partial charge in [0.1, 0.15) is 0 Å². The van der Waals surface area contributed by atoms with Crippen LogP contribution in [0.1, 0.15) is 52.4 Å². The van der Waals surface area contributed by atoms with Crippen molar-refractivity contribution in [1.29, 1.82) is 0 Å². The van der Waals surface area contributed by atoms with Gasteiger partial charge in [0, 0.05) is 26.4 Å². The minimum atomic E-state index is -0.367. The Bertz CT molecular complexity index is 587. The van der Waals surface area contributed by atoms with E-state index in [9.17, 15) is 0 Å². The molecule has 0 aromatic heterocycles. The van der Waals surface area contributed by atoms with Crippen LogP contribution in [0.3, 0.4) is 0 Å². The number of nitrogens with zero attached hydrogens (tertiary/aromatic N) is 2. The van der Waals surface area contributed by atoms with Gasteiger partial charge in [-0.15, -0.1) is 0 Å². The smallest absolute Gasteiger partial charge is 1.00 e. The summed E-state index contributed by atoms with van der Waals surface area (Å²) in [7, 11) is 0. The van der Waals surface area contributed by atoms with Crippen LogP contribution >= 0.6 is 0 Å². The van der Waals surface area contributed by atoms with Crippen molar-refractivity contribution >= 4 is 11.4 Å². The summed E-state index contributed by atoms with van der Waals surface area (Å²) in [5.41, 5.74) is 2.72. The molecule has 0 aliphatic carbocycles. The average molecular weight is 498 g/mol. The van der Waals surface area contributed by atoms with Crippen LogP contribution in [0.25, 0.3) is 0 Å². The molecule has 33 heavy (non-hydrogen) atoms. The normalized spacial score (nSPS) is 13.6. The summed E-state index contributed by atoms with van der Waals surface area (Å²) < 4.78 is 15.1. The molecule has 0 radical (unpaired) electrons. The summed E-state index contributed by atoms with van der Waals surface area (Å²) in [6, 6.07) is 21.6. The molecule has 2 heterocycles. The molecule has 2 aromatic carbocycles. The second kappa shape index (κ2) is 21.1. The standard InChI is InChI=1S/2C9H12N.2C4H8O.2FH.Ti/c2*1-2-8-10-9-6-4-3-5-7-9;2*1-2-4-5-3-1;;;/h2*3-7H,2,8H2,1H3;2*1-4H2;2*1H;/q2*-1;;;;;+4/p-2. The fraction of sp³-hybridized carbons (Fsp3) is 0.538. The van der Waals surface area contributed by atoms with Crippen LogP contribution in [0.5, 0.6) is 0 Å². The van der Waals surface area contributed by atoms with E-state index in [0.717, 1.165) is 39.5 Å². The van der Waals surface area contributed by atoms with Gasteiger partial charge in [-0.25, -0.2) is 0 Å². The molecule has 0 unspecified atom stereocenters. The van der Waals surface area contributed by atoms with E-state index in [1.807, 2.05) is 0 Å². The van der Waals surface area contributed by atoms with E-state index in [0.29, 0.717) is 0 Å². The third-order valence-electron chi connectivity index (χ3n) is 4.93. The van der Waals surface area contributed by atoms with Crippen molar-refractivity contribution < 1.29 is 38.5 Å². The van der Waals surface area contributed by atoms with Crippen LogP contribution in [-0.2, 0) is 29.1 Å². The number of ether oxygens (including phenoxy) is 2. The van der Waals surface area contributed by atoms with Crippen LogP contribution < -0.4 is 16.2 Å². The van der Waals surface area contributed by atoms with Crippen molar-refractivity contribution in [2.45, 2.75) is 52.4 Å². The van der Waals surface area contributed by atoms with E-state index >= 15 is 0 Å². The Hall–Kier alpha value is -1.47. The van der Waals surface area contributed by atoms with Crippen molar-refractivity contribution in [3.05, 3.63) is 60.7 Å². The molecule has 4 rings (SSSR count). The fourth-order valence-corrected chi connectivity index (χ4v) is 5.60. The molecule has 2 aliphatic heterocycles. The zero-order valence-corrected chi connectivity index (χ0v) is 21.8. The Morgan fingerprint density at radius 3 is 1.18 bits per heavy atom. The molecule has 0 saturated carbocycles. The number of rotatable bonds is 8. The Balaban J connectivity index is 0.000000701. The van der Waals surface area contributed by atoms with Gasteiger partial charge in [0.2, 0.25) is 0 Å². The van der Waals surface area contributed by atoms with E-state index < -0.39 is 0 Å². The quantitative estimate of drug-likeness (QED) is 0.491. The largest absolute Gasteiger partial charge is 1.00 e. The first kappa shape index (κ1) is 31.5. The van der Waals surface area contributed by atoms with Crippen LogP contribution in [0.4, 0.5) is 11.4 Å². The maximum atomic E-state index is 4.94. The number of hydrogen-bond acceptors (Lipinski definition) is 4. The average Bonchev–Trinajstić information content (AvgIpc) is 3.59. The van der Waals surface area contributed by atoms with Gasteiger partial charge in [-0.05, 0) is 25.7 Å². The third kappa shape index (κ3) is 13.7. The van der Waals surface area contributed by atoms with Crippen LogP contribution in [0.15, 0.2) is 60.7 Å². The van der Waals surface area contributed by atoms with Crippen molar-refractivity contribution in [2.24, 2.45) is 0 Å². The summed E-state index contributed by atoms with van der Waals surface area (Å²) in [5, 5.41) is 0. The summed E-state index contributed by atoms with van der Waals surface area (Å²) in [4.78, 5) is 0. The zero-order valence-electron chi connectivity index (χ0n) is 20.2. The first-order valence-electron chi connectivity index (χ1n) is 11.9. The Kier molecular flexibility index (Phi) is 20.2. The monoisotopic (exact) mass is 498 g/mol. The molecule has 0 N–H and O–H groups in total. The van der Waals surface area contributed by atoms with Gasteiger partial charge in [-0.1, -0.05) is 0 Å². The third-order valence-corrected chi connectivity index (χ3v) is 7.18. The van der Waals surface area contributed by atoms with Gasteiger partial charge in [-0.3, -0.25) is 0 Å². The molecule has 0 bridgehead atoms. The van der Waals surface area contributed by atoms with Gasteiger partial charge >= 0.3 is 138 Å². The number of halogens is 2. The van der Waals surface area contributed by atoms with Gasteiger partial charge in [-0.2, -0.15) is 0 Å². The predicted octanol–water partition coefficient (Wildman–Crippen LogP) is 0.334. The van der Waals surface area contributed by atoms with Crippen LogP contribution in [0, 0.1) is 0 Å². The van der Waals surface area contributed by atoms with Crippen molar-refractivity contribution in [2.75, 3.05) is 46.3 Å². The molecule has 4 nitrogen and oxygen atoms in total. The Morgan fingerprint density at radius 1 is 0.606 bits per heavy atom. The summed E-state index contributed by atoms with van der Waals surface area (Å²) >= 11 is -0.367. The number of benzene rings is 2. The van der Waals surface area contributed by atoms with Gasteiger partial charge in [0.15, 0.2) is 0 Å². The molecule has 0 atom stereocenters. The predicted molar refractivity (Wildman–Crippen MR) is 128 cm³/mol. The molecule has 0 amide bonds. The maximum Gasteiger partial charge on any atom is -1.00 e. The molecular formula is C26H40F2N2O2Ti. The van der Waals surface area contributed by atoms with Gasteiger partial charge in [0.25, 0.3) is 0 Å². The summed E-state index contributed by atoms with van der Waals surface area (Å²) in [6.45, 7) is 10.8. The minimum Gasteiger partial charge on any atom is -1.00 e. The molecular weight excluding hydrogens is 458 g/mol. The maximum absolute atomic E-state index is 4.94. The van der Waals surface area contributed by atoms with E-state index in [1.165, 1.54) is 49.9 Å². The minimum absolute atomic E-state index is 0. The molecule has 2 fully saturated rings. The SMILES string of the molecule is C1CCOC1.C1CCOC1.CCC[N]([Ti+2][N](CCC)c1ccccc1)c1ccccc1.[F-].[F-]. The molecule has 184 valence electrons. The van der Waals surface area contributed by atoms with Crippen molar-refractivity contribution in [3.8, 4) is 0 Å². The molecule has 7 heteroatoms. The van der Waals surface area contributed by atoms with Gasteiger partial charge < -0.3 is 18.9 Å². The zero-order chi connectivity index (χ0) is 22.0. The molecule has 0 spiro atoms. The van der Waals surface area contributed by atoms with Gasteiger partial charge in [0.05, 0.1) is 0 Å². The molecule has 2 saturated heterocycles. The Morgan fingerprint density at radius 2 is 0.939 bits per heavy atom. The van der Waals surface area contributed by atoms with E-state index in [-0.39, 0.29) is 29.1 Å². The summed E-state index contributed by atoms with van der Waals surface area (Å²) in [5.74, 6) is 0. The Labute approximate surface area is 208 Å². The number of para-hydroxylation sites is 2. The summed E-state index contributed by atoms with van der Waals surface area (Å²) in [6.07, 6.45) is 7.49. The number of anilines is 2. The first-order chi connectivity index (χ1) is 15.3. The van der Waals surface area contributed by atoms with Crippen molar-refractivity contribution in [3.63, 3.8) is 0 Å². The van der Waals surface area contributed by atoms with Crippen LogP contribution in [0.2, 0.25) is 0 Å². The van der Waals surface area contributed by atoms with E-state index in [4.69, 9.17) is 9.47 Å². The second-order valence-electron chi connectivity index (χ2n) is 7.71. The molecule has 2 aromatic rings. The van der Waals surface area contributed by atoms with Crippen molar-refractivity contribution in [1.82, 2.24) is 0 Å². The second-order valence-corrected chi connectivity index (χ2v) is 9.71. The number of hydrogen-bond donors (Lipinski definition) is 0. The molecule has 2 aliphatic rings.